The number of hydrogen-bond donors (Lipinski definition) is 2. The van der Waals surface area contributed by atoms with Crippen LogP contribution < -0.4 is 15.8 Å². The molecule has 110 valence electrons. The van der Waals surface area contributed by atoms with Crippen LogP contribution in [-0.2, 0) is 4.79 Å². The number of hydrogen-bond acceptors (Lipinski definition) is 5. The normalized spacial score (nSPS) is 11.8. The van der Waals surface area contributed by atoms with Gasteiger partial charge in [-0.25, -0.2) is 0 Å². The second-order valence-corrected chi connectivity index (χ2v) is 4.56. The quantitative estimate of drug-likeness (QED) is 0.587. The monoisotopic (exact) mass is 281 g/mol. The summed E-state index contributed by atoms with van der Waals surface area (Å²) in [5.74, 6) is 0.167. The minimum Gasteiger partial charge on any atom is -0.495 e. The number of non-ortho nitro benzene ring substituents is 1. The van der Waals surface area contributed by atoms with Gasteiger partial charge in [0, 0.05) is 24.6 Å². The SMILES string of the molecule is COc1ccc([N+](=O)[O-])cc1NC(=O)CCCC(C)N. The lowest BCUT2D eigenvalue weighted by molar-refractivity contribution is -0.384. The zero-order valence-corrected chi connectivity index (χ0v) is 11.6. The third-order valence-corrected chi connectivity index (χ3v) is 2.73. The molecule has 0 aliphatic carbocycles. The molecule has 0 fully saturated rings. The van der Waals surface area contributed by atoms with Crippen LogP contribution in [0.2, 0.25) is 0 Å². The number of ether oxygens (including phenoxy) is 1. The molecule has 0 spiro atoms. The molecule has 0 heterocycles. The number of anilines is 1. The van der Waals surface area contributed by atoms with E-state index in [-0.39, 0.29) is 17.6 Å². The largest absolute Gasteiger partial charge is 0.495 e. The van der Waals surface area contributed by atoms with E-state index >= 15 is 0 Å². The number of nitrogens with one attached hydrogen (secondary N) is 1. The summed E-state index contributed by atoms with van der Waals surface area (Å²) in [7, 11) is 1.44. The molecule has 0 radical (unpaired) electrons. The van der Waals surface area contributed by atoms with Crippen LogP contribution in [0.25, 0.3) is 0 Å². The van der Waals surface area contributed by atoms with Crippen molar-refractivity contribution in [3.8, 4) is 5.75 Å². The summed E-state index contributed by atoms with van der Waals surface area (Å²) >= 11 is 0. The molecule has 1 amide bonds. The van der Waals surface area contributed by atoms with Gasteiger partial charge >= 0.3 is 0 Å². The number of carbonyl (C=O) groups excluding carboxylic acids is 1. The fourth-order valence-corrected chi connectivity index (χ4v) is 1.70. The Morgan fingerprint density at radius 3 is 2.80 bits per heavy atom. The van der Waals surface area contributed by atoms with Gasteiger partial charge in [-0.15, -0.1) is 0 Å². The Kier molecular flexibility index (Phi) is 5.92. The van der Waals surface area contributed by atoms with Crippen molar-refractivity contribution in [3.63, 3.8) is 0 Å². The van der Waals surface area contributed by atoms with Crippen LogP contribution in [0, 0.1) is 10.1 Å². The Balaban J connectivity index is 2.71. The molecule has 1 rings (SSSR count). The second kappa shape index (κ2) is 7.44. The van der Waals surface area contributed by atoms with E-state index in [0.717, 1.165) is 6.42 Å². The van der Waals surface area contributed by atoms with E-state index in [1.807, 2.05) is 6.92 Å². The van der Waals surface area contributed by atoms with Crippen molar-refractivity contribution >= 4 is 17.3 Å². The van der Waals surface area contributed by atoms with E-state index in [2.05, 4.69) is 5.32 Å². The average molecular weight is 281 g/mol. The maximum absolute atomic E-state index is 11.8. The number of nitrogens with zero attached hydrogens (tertiary/aromatic N) is 1. The van der Waals surface area contributed by atoms with Gasteiger partial charge in [-0.05, 0) is 25.8 Å². The van der Waals surface area contributed by atoms with Gasteiger partial charge in [0.15, 0.2) is 0 Å². The molecule has 7 nitrogen and oxygen atoms in total. The number of nitro benzene ring substituents is 1. The first kappa shape index (κ1) is 15.9. The van der Waals surface area contributed by atoms with Crippen molar-refractivity contribution in [3.05, 3.63) is 28.3 Å². The van der Waals surface area contributed by atoms with Gasteiger partial charge in [-0.3, -0.25) is 14.9 Å². The highest BCUT2D eigenvalue weighted by atomic mass is 16.6. The molecule has 3 N–H and O–H groups in total. The van der Waals surface area contributed by atoms with Gasteiger partial charge < -0.3 is 15.8 Å². The number of carbonyl (C=O) groups is 1. The Morgan fingerprint density at radius 2 is 2.25 bits per heavy atom. The first-order valence-corrected chi connectivity index (χ1v) is 6.32. The molecule has 1 unspecified atom stereocenters. The van der Waals surface area contributed by atoms with E-state index in [0.29, 0.717) is 24.3 Å². The van der Waals surface area contributed by atoms with Gasteiger partial charge in [0.25, 0.3) is 5.69 Å². The summed E-state index contributed by atoms with van der Waals surface area (Å²) in [4.78, 5) is 22.0. The van der Waals surface area contributed by atoms with E-state index in [1.54, 1.807) is 0 Å². The summed E-state index contributed by atoms with van der Waals surface area (Å²) in [5, 5.41) is 13.3. The lowest BCUT2D eigenvalue weighted by Gasteiger charge is -2.10. The third-order valence-electron chi connectivity index (χ3n) is 2.73. The molecule has 0 saturated carbocycles. The van der Waals surface area contributed by atoms with Crippen LogP contribution >= 0.6 is 0 Å². The standard InChI is InChI=1S/C13H19N3O4/c1-9(14)4-3-5-13(17)15-11-8-10(16(18)19)6-7-12(11)20-2/h6-9H,3-5,14H2,1-2H3,(H,15,17). The maximum Gasteiger partial charge on any atom is 0.271 e. The van der Waals surface area contributed by atoms with Crippen molar-refractivity contribution in [1.82, 2.24) is 0 Å². The Bertz CT molecular complexity index is 489. The minimum absolute atomic E-state index is 0.0511. The molecule has 1 atom stereocenters. The molecule has 20 heavy (non-hydrogen) atoms. The lowest BCUT2D eigenvalue weighted by Crippen LogP contribution is -2.17. The molecule has 1 aromatic rings. The Labute approximate surface area is 117 Å². The van der Waals surface area contributed by atoms with Gasteiger partial charge in [0.2, 0.25) is 5.91 Å². The molecular weight excluding hydrogens is 262 g/mol. The zero-order valence-electron chi connectivity index (χ0n) is 11.6. The molecule has 7 heteroatoms. The van der Waals surface area contributed by atoms with Crippen LogP contribution in [0.1, 0.15) is 26.2 Å². The highest BCUT2D eigenvalue weighted by Crippen LogP contribution is 2.29. The summed E-state index contributed by atoms with van der Waals surface area (Å²) in [6.45, 7) is 1.88. The summed E-state index contributed by atoms with van der Waals surface area (Å²) in [5.41, 5.74) is 5.80. The highest BCUT2D eigenvalue weighted by Gasteiger charge is 2.13. The number of benzene rings is 1. The fraction of sp³-hybridized carbons (Fsp3) is 0.462. The van der Waals surface area contributed by atoms with E-state index in [1.165, 1.54) is 25.3 Å². The van der Waals surface area contributed by atoms with E-state index in [4.69, 9.17) is 10.5 Å². The molecule has 1 aromatic carbocycles. The van der Waals surface area contributed by atoms with Crippen LogP contribution in [0.3, 0.4) is 0 Å². The number of rotatable bonds is 7. The first-order valence-electron chi connectivity index (χ1n) is 6.32. The average Bonchev–Trinajstić information content (AvgIpc) is 2.38. The Hall–Kier alpha value is -2.15. The van der Waals surface area contributed by atoms with Crippen molar-refractivity contribution < 1.29 is 14.5 Å². The van der Waals surface area contributed by atoms with Gasteiger partial charge in [-0.1, -0.05) is 0 Å². The van der Waals surface area contributed by atoms with Gasteiger partial charge in [0.05, 0.1) is 17.7 Å². The molecule has 0 saturated heterocycles. The summed E-state index contributed by atoms with van der Waals surface area (Å²) in [6, 6.07) is 4.11. The first-order chi connectivity index (χ1) is 9.43. The van der Waals surface area contributed by atoms with Gasteiger partial charge in [0.1, 0.15) is 5.75 Å². The smallest absolute Gasteiger partial charge is 0.271 e. The molecular formula is C13H19N3O4. The fourth-order valence-electron chi connectivity index (χ4n) is 1.70. The molecule has 0 aliphatic rings. The number of amides is 1. The van der Waals surface area contributed by atoms with E-state index in [9.17, 15) is 14.9 Å². The van der Waals surface area contributed by atoms with Crippen LogP contribution in [0.4, 0.5) is 11.4 Å². The zero-order chi connectivity index (χ0) is 15.1. The molecule has 0 aromatic heterocycles. The van der Waals surface area contributed by atoms with Crippen molar-refractivity contribution in [2.45, 2.75) is 32.2 Å². The van der Waals surface area contributed by atoms with Crippen LogP contribution in [-0.4, -0.2) is 24.0 Å². The van der Waals surface area contributed by atoms with Gasteiger partial charge in [-0.2, -0.15) is 0 Å². The third kappa shape index (κ3) is 4.85. The number of nitrogens with two attached hydrogens (primary N) is 1. The van der Waals surface area contributed by atoms with E-state index < -0.39 is 4.92 Å². The highest BCUT2D eigenvalue weighted by molar-refractivity contribution is 5.92. The number of nitro groups is 1. The predicted octanol–water partition coefficient (Wildman–Crippen LogP) is 2.06. The maximum atomic E-state index is 11.8. The predicted molar refractivity (Wildman–Crippen MR) is 75.8 cm³/mol. The van der Waals surface area contributed by atoms with Crippen molar-refractivity contribution in [1.29, 1.82) is 0 Å². The minimum atomic E-state index is -0.523. The van der Waals surface area contributed by atoms with Crippen molar-refractivity contribution in [2.75, 3.05) is 12.4 Å². The topological polar surface area (TPSA) is 107 Å². The van der Waals surface area contributed by atoms with Crippen molar-refractivity contribution in [2.24, 2.45) is 5.73 Å². The van der Waals surface area contributed by atoms with Crippen LogP contribution in [0.5, 0.6) is 5.75 Å². The Morgan fingerprint density at radius 1 is 1.55 bits per heavy atom. The lowest BCUT2D eigenvalue weighted by atomic mass is 10.1. The number of methoxy groups -OCH3 is 1. The molecule has 0 bridgehead atoms. The summed E-state index contributed by atoms with van der Waals surface area (Å²) in [6.07, 6.45) is 1.73. The summed E-state index contributed by atoms with van der Waals surface area (Å²) < 4.78 is 5.07. The van der Waals surface area contributed by atoms with Crippen LogP contribution in [0.15, 0.2) is 18.2 Å². The second-order valence-electron chi connectivity index (χ2n) is 4.56. The molecule has 0 aliphatic heterocycles.